The summed E-state index contributed by atoms with van der Waals surface area (Å²) in [6, 6.07) is 0. The van der Waals surface area contributed by atoms with Gasteiger partial charge in [-0.25, -0.2) is 4.79 Å². The van der Waals surface area contributed by atoms with Crippen molar-refractivity contribution >= 4 is 5.78 Å². The number of Topliss-reactive ketones (excluding diaryl/α,β-unsaturated/α-hetero) is 1. The molecule has 0 fully saturated rings. The highest BCUT2D eigenvalue weighted by Crippen LogP contribution is 1.92. The second-order valence-electron chi connectivity index (χ2n) is 3.15. The zero-order valence-electron chi connectivity index (χ0n) is 8.25. The summed E-state index contributed by atoms with van der Waals surface area (Å²) >= 11 is 0. The Morgan fingerprint density at radius 2 is 2.20 bits per heavy atom. The van der Waals surface area contributed by atoms with Crippen LogP contribution in [0.25, 0.3) is 0 Å². The molecule has 1 rings (SSSR count). The molecule has 1 aromatic heterocycles. The van der Waals surface area contributed by atoms with Crippen LogP contribution in [-0.4, -0.2) is 15.3 Å². The summed E-state index contributed by atoms with van der Waals surface area (Å²) in [7, 11) is 0. The highest BCUT2D eigenvalue weighted by Gasteiger charge is 2.07. The average molecular weight is 214 g/mol. The standard InChI is InChI=1S/C9H11FN2O3/c1-2-3-6(13)4-12-5-7(10)8(14)11-9(12)15/h5H,2-4H2,1H3,(H,11,14,15). The van der Waals surface area contributed by atoms with Crippen LogP contribution in [-0.2, 0) is 11.3 Å². The Morgan fingerprint density at radius 3 is 2.80 bits per heavy atom. The molecular formula is C9H11FN2O3. The van der Waals surface area contributed by atoms with Crippen molar-refractivity contribution in [1.29, 1.82) is 0 Å². The van der Waals surface area contributed by atoms with Crippen molar-refractivity contribution in [3.8, 4) is 0 Å². The lowest BCUT2D eigenvalue weighted by atomic mass is 10.2. The Bertz CT molecular complexity index is 475. The van der Waals surface area contributed by atoms with E-state index in [9.17, 15) is 18.8 Å². The van der Waals surface area contributed by atoms with Gasteiger partial charge in [0.15, 0.2) is 5.78 Å². The van der Waals surface area contributed by atoms with Crippen LogP contribution in [0.1, 0.15) is 19.8 Å². The van der Waals surface area contributed by atoms with Crippen LogP contribution in [0, 0.1) is 5.82 Å². The molecule has 5 nitrogen and oxygen atoms in total. The van der Waals surface area contributed by atoms with Crippen molar-refractivity contribution in [3.05, 3.63) is 32.9 Å². The molecule has 1 N–H and O–H groups in total. The van der Waals surface area contributed by atoms with E-state index < -0.39 is 17.1 Å². The maximum Gasteiger partial charge on any atom is 0.328 e. The number of ketones is 1. The van der Waals surface area contributed by atoms with Gasteiger partial charge in [0.05, 0.1) is 12.7 Å². The largest absolute Gasteiger partial charge is 0.328 e. The Kier molecular flexibility index (Phi) is 3.54. The van der Waals surface area contributed by atoms with Crippen LogP contribution in [0.4, 0.5) is 4.39 Å². The quantitative estimate of drug-likeness (QED) is 0.769. The fourth-order valence-electron chi connectivity index (χ4n) is 1.15. The minimum absolute atomic E-state index is 0.175. The van der Waals surface area contributed by atoms with E-state index in [1.165, 1.54) is 0 Å². The number of hydrogen-bond acceptors (Lipinski definition) is 3. The second-order valence-corrected chi connectivity index (χ2v) is 3.15. The predicted octanol–water partition coefficient (Wildman–Crippen LogP) is 0.0449. The Hall–Kier alpha value is -1.72. The minimum atomic E-state index is -1.07. The normalized spacial score (nSPS) is 10.3. The van der Waals surface area contributed by atoms with Crippen molar-refractivity contribution in [2.45, 2.75) is 26.3 Å². The molecule has 0 aliphatic heterocycles. The van der Waals surface area contributed by atoms with Crippen molar-refractivity contribution < 1.29 is 9.18 Å². The Balaban J connectivity index is 2.96. The van der Waals surface area contributed by atoms with Crippen molar-refractivity contribution in [2.75, 3.05) is 0 Å². The molecule has 0 saturated carbocycles. The van der Waals surface area contributed by atoms with Gasteiger partial charge in [-0.1, -0.05) is 6.92 Å². The molecule has 15 heavy (non-hydrogen) atoms. The lowest BCUT2D eigenvalue weighted by Crippen LogP contribution is -2.33. The number of carbonyl (C=O) groups is 1. The van der Waals surface area contributed by atoms with E-state index in [1.807, 2.05) is 6.92 Å². The minimum Gasteiger partial charge on any atom is -0.298 e. The summed E-state index contributed by atoms with van der Waals surface area (Å²) in [5.41, 5.74) is -1.84. The summed E-state index contributed by atoms with van der Waals surface area (Å²) in [6.45, 7) is 1.62. The van der Waals surface area contributed by atoms with Crippen LogP contribution in [0.15, 0.2) is 15.8 Å². The van der Waals surface area contributed by atoms with Crippen LogP contribution in [0.2, 0.25) is 0 Å². The number of H-pyrrole nitrogens is 1. The molecule has 0 unspecified atom stereocenters. The van der Waals surface area contributed by atoms with Gasteiger partial charge >= 0.3 is 5.69 Å². The maximum atomic E-state index is 12.8. The number of hydrogen-bond donors (Lipinski definition) is 1. The SMILES string of the molecule is CCCC(=O)Cn1cc(F)c(=O)[nH]c1=O. The van der Waals surface area contributed by atoms with Gasteiger partial charge in [0.1, 0.15) is 0 Å². The number of aromatic amines is 1. The molecular weight excluding hydrogens is 203 g/mol. The molecule has 6 heteroatoms. The monoisotopic (exact) mass is 214 g/mol. The van der Waals surface area contributed by atoms with Gasteiger partial charge in [0.2, 0.25) is 5.82 Å². The molecule has 0 aliphatic carbocycles. The fraction of sp³-hybridized carbons (Fsp3) is 0.444. The van der Waals surface area contributed by atoms with Gasteiger partial charge in [-0.05, 0) is 6.42 Å². The lowest BCUT2D eigenvalue weighted by molar-refractivity contribution is -0.119. The number of halogens is 1. The molecule has 0 atom stereocenters. The smallest absolute Gasteiger partial charge is 0.298 e. The van der Waals surface area contributed by atoms with Gasteiger partial charge in [-0.2, -0.15) is 4.39 Å². The van der Waals surface area contributed by atoms with Crippen LogP contribution in [0.5, 0.6) is 0 Å². The summed E-state index contributed by atoms with van der Waals surface area (Å²) in [5.74, 6) is -1.25. The zero-order chi connectivity index (χ0) is 11.4. The van der Waals surface area contributed by atoms with Gasteiger partial charge in [-0.3, -0.25) is 19.1 Å². The van der Waals surface area contributed by atoms with E-state index in [-0.39, 0.29) is 12.3 Å². The van der Waals surface area contributed by atoms with E-state index in [4.69, 9.17) is 0 Å². The Morgan fingerprint density at radius 1 is 1.53 bits per heavy atom. The third-order valence-electron chi connectivity index (χ3n) is 1.84. The highest BCUT2D eigenvalue weighted by atomic mass is 19.1. The Labute approximate surface area is 84.6 Å². The molecule has 1 aromatic rings. The van der Waals surface area contributed by atoms with E-state index in [1.54, 1.807) is 4.98 Å². The molecule has 0 amide bonds. The van der Waals surface area contributed by atoms with Crippen molar-refractivity contribution in [1.82, 2.24) is 9.55 Å². The summed E-state index contributed by atoms with van der Waals surface area (Å²) < 4.78 is 13.6. The van der Waals surface area contributed by atoms with E-state index in [2.05, 4.69) is 0 Å². The van der Waals surface area contributed by atoms with Gasteiger partial charge in [0.25, 0.3) is 5.56 Å². The number of nitrogens with zero attached hydrogens (tertiary/aromatic N) is 1. The first kappa shape index (κ1) is 11.4. The van der Waals surface area contributed by atoms with E-state index in [0.717, 1.165) is 10.8 Å². The second kappa shape index (κ2) is 4.68. The molecule has 82 valence electrons. The zero-order valence-corrected chi connectivity index (χ0v) is 8.25. The first-order chi connectivity index (χ1) is 7.04. The molecule has 0 spiro atoms. The number of rotatable bonds is 4. The predicted molar refractivity (Wildman–Crippen MR) is 51.2 cm³/mol. The first-order valence-electron chi connectivity index (χ1n) is 4.55. The van der Waals surface area contributed by atoms with Gasteiger partial charge in [0, 0.05) is 6.42 Å². The third-order valence-corrected chi connectivity index (χ3v) is 1.84. The summed E-state index contributed by atoms with van der Waals surface area (Å²) in [5, 5.41) is 0. The van der Waals surface area contributed by atoms with Crippen molar-refractivity contribution in [3.63, 3.8) is 0 Å². The molecule has 0 aliphatic rings. The third kappa shape index (κ3) is 2.87. The lowest BCUT2D eigenvalue weighted by Gasteiger charge is -2.02. The van der Waals surface area contributed by atoms with Gasteiger partial charge in [-0.15, -0.1) is 0 Å². The highest BCUT2D eigenvalue weighted by molar-refractivity contribution is 5.78. The van der Waals surface area contributed by atoms with Crippen LogP contribution < -0.4 is 11.2 Å². The van der Waals surface area contributed by atoms with E-state index in [0.29, 0.717) is 12.8 Å². The summed E-state index contributed by atoms with van der Waals surface area (Å²) in [6.07, 6.45) is 1.74. The van der Waals surface area contributed by atoms with Crippen molar-refractivity contribution in [2.24, 2.45) is 0 Å². The molecule has 0 radical (unpaired) electrons. The average Bonchev–Trinajstić information content (AvgIpc) is 2.14. The van der Waals surface area contributed by atoms with Crippen LogP contribution in [0.3, 0.4) is 0 Å². The number of carbonyl (C=O) groups excluding carboxylic acids is 1. The van der Waals surface area contributed by atoms with E-state index >= 15 is 0 Å². The van der Waals surface area contributed by atoms with Crippen LogP contribution >= 0.6 is 0 Å². The molecule has 0 bridgehead atoms. The molecule has 0 aromatic carbocycles. The first-order valence-corrected chi connectivity index (χ1v) is 4.55. The topological polar surface area (TPSA) is 71.9 Å². The molecule has 0 saturated heterocycles. The number of nitrogens with one attached hydrogen (secondary N) is 1. The molecule has 1 heterocycles. The number of aromatic nitrogens is 2. The maximum absolute atomic E-state index is 12.8. The van der Waals surface area contributed by atoms with Gasteiger partial charge < -0.3 is 0 Å². The summed E-state index contributed by atoms with van der Waals surface area (Å²) in [4.78, 5) is 34.8. The fourth-order valence-corrected chi connectivity index (χ4v) is 1.15.